The second kappa shape index (κ2) is 7.41. The van der Waals surface area contributed by atoms with Gasteiger partial charge in [-0.05, 0) is 37.8 Å². The summed E-state index contributed by atoms with van der Waals surface area (Å²) in [6, 6.07) is 4.50. The first kappa shape index (κ1) is 15.0. The van der Waals surface area contributed by atoms with Crippen LogP contribution in [0.5, 0.6) is 0 Å². The summed E-state index contributed by atoms with van der Waals surface area (Å²) >= 11 is 0. The zero-order valence-corrected chi connectivity index (χ0v) is 12.6. The largest absolute Gasteiger partial charge is 0.343 e. The molecule has 1 aromatic heterocycles. The van der Waals surface area contributed by atoms with Gasteiger partial charge in [-0.2, -0.15) is 0 Å². The van der Waals surface area contributed by atoms with Crippen molar-refractivity contribution in [3.63, 3.8) is 0 Å². The van der Waals surface area contributed by atoms with Crippen LogP contribution in [0.1, 0.15) is 31.7 Å². The maximum atomic E-state index is 5.96. The summed E-state index contributed by atoms with van der Waals surface area (Å²) < 4.78 is 0. The molecule has 1 aromatic rings. The molecule has 3 N–H and O–H groups in total. The molecule has 0 bridgehead atoms. The van der Waals surface area contributed by atoms with Crippen LogP contribution in [0.2, 0.25) is 0 Å². The summed E-state index contributed by atoms with van der Waals surface area (Å²) in [6.07, 6.45) is 7.37. The first-order chi connectivity index (χ1) is 9.67. The van der Waals surface area contributed by atoms with Crippen molar-refractivity contribution in [1.82, 2.24) is 9.88 Å². The van der Waals surface area contributed by atoms with E-state index in [-0.39, 0.29) is 0 Å². The molecule has 4 heteroatoms. The molecular weight excluding hydrogens is 248 g/mol. The lowest BCUT2D eigenvalue weighted by molar-refractivity contribution is 0.229. The molecule has 4 nitrogen and oxygen atoms in total. The van der Waals surface area contributed by atoms with Gasteiger partial charge < -0.3 is 11.1 Å². The normalized spacial score (nSPS) is 18.2. The second-order valence-electron chi connectivity index (χ2n) is 5.60. The Morgan fingerprint density at radius 1 is 1.45 bits per heavy atom. The molecule has 1 aliphatic heterocycles. The topological polar surface area (TPSA) is 54.2 Å². The van der Waals surface area contributed by atoms with Gasteiger partial charge in [0.2, 0.25) is 0 Å². The van der Waals surface area contributed by atoms with E-state index in [1.165, 1.54) is 11.3 Å². The summed E-state index contributed by atoms with van der Waals surface area (Å²) in [4.78, 5) is 6.88. The number of piperidine rings is 1. The van der Waals surface area contributed by atoms with Gasteiger partial charge in [-0.15, -0.1) is 0 Å². The third kappa shape index (κ3) is 4.62. The van der Waals surface area contributed by atoms with Crippen molar-refractivity contribution in [3.05, 3.63) is 35.7 Å². The molecule has 0 saturated carbocycles. The molecule has 110 valence electrons. The Labute approximate surface area is 122 Å². The van der Waals surface area contributed by atoms with Crippen LogP contribution in [-0.2, 0) is 0 Å². The van der Waals surface area contributed by atoms with Gasteiger partial charge in [0, 0.05) is 37.6 Å². The average molecular weight is 274 g/mol. The minimum absolute atomic E-state index is 0.386. The van der Waals surface area contributed by atoms with Crippen molar-refractivity contribution in [2.24, 2.45) is 5.73 Å². The lowest BCUT2D eigenvalue weighted by Gasteiger charge is -2.30. The van der Waals surface area contributed by atoms with Crippen molar-refractivity contribution in [1.29, 1.82) is 0 Å². The van der Waals surface area contributed by atoms with Gasteiger partial charge >= 0.3 is 0 Å². The van der Waals surface area contributed by atoms with Gasteiger partial charge in [0.1, 0.15) is 5.82 Å². The molecule has 0 amide bonds. The van der Waals surface area contributed by atoms with Crippen molar-refractivity contribution in [2.45, 2.75) is 39.2 Å². The summed E-state index contributed by atoms with van der Waals surface area (Å²) in [7, 11) is 0. The second-order valence-corrected chi connectivity index (χ2v) is 5.60. The fourth-order valence-corrected chi connectivity index (χ4v) is 2.46. The van der Waals surface area contributed by atoms with Gasteiger partial charge in [-0.25, -0.2) is 4.98 Å². The molecule has 0 spiro atoms. The number of rotatable bonds is 5. The van der Waals surface area contributed by atoms with E-state index in [0.717, 1.165) is 44.7 Å². The summed E-state index contributed by atoms with van der Waals surface area (Å²) in [6.45, 7) is 7.35. The number of pyridine rings is 1. The molecule has 1 aliphatic rings. The number of allylic oxidation sites excluding steroid dienone is 1. The standard InChI is InChI=1S/C16H26N4/c1-3-4-15(12-20-9-7-14(17)8-10-20)19-16-6-5-13(2)11-18-16/h4-6,11,14H,3,7-10,12,17H2,1-2H3,(H,18,19). The molecule has 0 atom stereocenters. The number of aromatic nitrogens is 1. The Bertz CT molecular complexity index is 430. The van der Waals surface area contributed by atoms with Gasteiger partial charge in [-0.3, -0.25) is 4.90 Å². The van der Waals surface area contributed by atoms with Crippen molar-refractivity contribution >= 4 is 5.82 Å². The quantitative estimate of drug-likeness (QED) is 0.866. The highest BCUT2D eigenvalue weighted by molar-refractivity contribution is 5.42. The van der Waals surface area contributed by atoms with Crippen LogP contribution in [-0.4, -0.2) is 35.6 Å². The zero-order valence-electron chi connectivity index (χ0n) is 12.6. The van der Waals surface area contributed by atoms with Crippen molar-refractivity contribution in [2.75, 3.05) is 25.0 Å². The predicted molar refractivity (Wildman–Crippen MR) is 84.6 cm³/mol. The first-order valence-electron chi connectivity index (χ1n) is 7.54. The van der Waals surface area contributed by atoms with Crippen LogP contribution in [0, 0.1) is 6.92 Å². The van der Waals surface area contributed by atoms with E-state index in [0.29, 0.717) is 6.04 Å². The minimum Gasteiger partial charge on any atom is -0.343 e. The molecule has 0 aromatic carbocycles. The van der Waals surface area contributed by atoms with Crippen LogP contribution in [0.3, 0.4) is 0 Å². The van der Waals surface area contributed by atoms with Gasteiger partial charge in [-0.1, -0.05) is 19.1 Å². The molecule has 1 fully saturated rings. The molecule has 0 radical (unpaired) electrons. The first-order valence-corrected chi connectivity index (χ1v) is 7.54. The molecule has 0 unspecified atom stereocenters. The Kier molecular flexibility index (Phi) is 5.56. The number of nitrogens with zero attached hydrogens (tertiary/aromatic N) is 2. The fourth-order valence-electron chi connectivity index (χ4n) is 2.46. The molecule has 20 heavy (non-hydrogen) atoms. The summed E-state index contributed by atoms with van der Waals surface area (Å²) in [5, 5.41) is 3.44. The van der Waals surface area contributed by atoms with Crippen LogP contribution in [0.15, 0.2) is 30.1 Å². The van der Waals surface area contributed by atoms with Gasteiger partial charge in [0.15, 0.2) is 0 Å². The third-order valence-corrected chi connectivity index (χ3v) is 3.68. The lowest BCUT2D eigenvalue weighted by Crippen LogP contribution is -2.41. The smallest absolute Gasteiger partial charge is 0.130 e. The van der Waals surface area contributed by atoms with Crippen molar-refractivity contribution in [3.8, 4) is 0 Å². The summed E-state index contributed by atoms with van der Waals surface area (Å²) in [5.41, 5.74) is 8.37. The van der Waals surface area contributed by atoms with E-state index >= 15 is 0 Å². The van der Waals surface area contributed by atoms with Crippen LogP contribution in [0.25, 0.3) is 0 Å². The van der Waals surface area contributed by atoms with E-state index in [9.17, 15) is 0 Å². The highest BCUT2D eigenvalue weighted by Crippen LogP contribution is 2.13. The molecule has 1 saturated heterocycles. The SMILES string of the molecule is CCC=C(CN1CCC(N)CC1)Nc1ccc(C)cn1. The number of aryl methyl sites for hydroxylation is 1. The van der Waals surface area contributed by atoms with Crippen LogP contribution >= 0.6 is 0 Å². The van der Waals surface area contributed by atoms with Gasteiger partial charge in [0.05, 0.1) is 0 Å². The zero-order chi connectivity index (χ0) is 14.4. The average Bonchev–Trinajstić information content (AvgIpc) is 2.44. The highest BCUT2D eigenvalue weighted by atomic mass is 15.2. The fraction of sp³-hybridized carbons (Fsp3) is 0.562. The molecule has 2 rings (SSSR count). The lowest BCUT2D eigenvalue weighted by atomic mass is 10.1. The highest BCUT2D eigenvalue weighted by Gasteiger charge is 2.16. The Morgan fingerprint density at radius 3 is 2.80 bits per heavy atom. The van der Waals surface area contributed by atoms with Crippen molar-refractivity contribution < 1.29 is 0 Å². The van der Waals surface area contributed by atoms with Crippen LogP contribution in [0.4, 0.5) is 5.82 Å². The van der Waals surface area contributed by atoms with E-state index in [1.807, 2.05) is 12.3 Å². The number of hydrogen-bond donors (Lipinski definition) is 2. The number of hydrogen-bond acceptors (Lipinski definition) is 4. The third-order valence-electron chi connectivity index (χ3n) is 3.68. The Morgan fingerprint density at radius 2 is 2.20 bits per heavy atom. The molecular formula is C16H26N4. The van der Waals surface area contributed by atoms with Gasteiger partial charge in [0.25, 0.3) is 0 Å². The Balaban J connectivity index is 1.93. The molecule has 2 heterocycles. The van der Waals surface area contributed by atoms with E-state index in [2.05, 4.69) is 41.2 Å². The number of nitrogens with one attached hydrogen (secondary N) is 1. The van der Waals surface area contributed by atoms with Crippen LogP contribution < -0.4 is 11.1 Å². The summed E-state index contributed by atoms with van der Waals surface area (Å²) in [5.74, 6) is 0.920. The number of nitrogens with two attached hydrogens (primary N) is 1. The Hall–Kier alpha value is -1.39. The number of likely N-dealkylation sites (tertiary alicyclic amines) is 1. The monoisotopic (exact) mass is 274 g/mol. The maximum Gasteiger partial charge on any atom is 0.130 e. The minimum atomic E-state index is 0.386. The van der Waals surface area contributed by atoms with E-state index in [1.54, 1.807) is 0 Å². The number of anilines is 1. The van der Waals surface area contributed by atoms with E-state index in [4.69, 9.17) is 5.73 Å². The molecule has 0 aliphatic carbocycles. The predicted octanol–water partition coefficient (Wildman–Crippen LogP) is 2.52. The van der Waals surface area contributed by atoms with E-state index < -0.39 is 0 Å². The maximum absolute atomic E-state index is 5.96.